The quantitative estimate of drug-likeness (QED) is 0.483. The number of aliphatic hydroxyl groups excluding tert-OH is 1. The number of aryl methyl sites for hydroxylation is 1. The minimum absolute atomic E-state index is 0.120. The van der Waals surface area contributed by atoms with Crippen molar-refractivity contribution in [3.05, 3.63) is 52.5 Å². The third-order valence-electron chi connectivity index (χ3n) is 6.58. The molecule has 0 aliphatic carbocycles. The molecule has 2 amide bonds. The van der Waals surface area contributed by atoms with Crippen LogP contribution in [0.5, 0.6) is 11.5 Å². The summed E-state index contributed by atoms with van der Waals surface area (Å²) in [6, 6.07) is 8.08. The van der Waals surface area contributed by atoms with Gasteiger partial charge in [-0.05, 0) is 49.2 Å². The zero-order chi connectivity index (χ0) is 24.2. The number of phenols is 1. The van der Waals surface area contributed by atoms with Crippen molar-refractivity contribution in [2.75, 3.05) is 12.0 Å². The van der Waals surface area contributed by atoms with Gasteiger partial charge in [0.1, 0.15) is 0 Å². The third-order valence-corrected chi connectivity index (χ3v) is 6.99. The van der Waals surface area contributed by atoms with Crippen LogP contribution >= 0.6 is 11.6 Å². The van der Waals surface area contributed by atoms with Crippen molar-refractivity contribution < 1.29 is 34.4 Å². The number of aliphatic hydroxyl groups is 1. The summed E-state index contributed by atoms with van der Waals surface area (Å²) in [5, 5.41) is 33.9. The first kappa shape index (κ1) is 23.0. The maximum absolute atomic E-state index is 13.6. The van der Waals surface area contributed by atoms with Gasteiger partial charge in [0.05, 0.1) is 30.7 Å². The second-order valence-corrected chi connectivity index (χ2v) is 8.76. The number of nitrogens with zero attached hydrogens (tertiary/aromatic N) is 1. The number of aromatic hydroxyl groups is 1. The number of phenolic OH excluding ortho intramolecular Hbond substituents is 1. The normalized spacial score (nSPS) is 27.5. The van der Waals surface area contributed by atoms with Gasteiger partial charge in [-0.25, -0.2) is 4.90 Å². The van der Waals surface area contributed by atoms with Gasteiger partial charge in [0, 0.05) is 11.1 Å². The molecule has 0 radical (unpaired) electrons. The number of carboxylic acids is 1. The summed E-state index contributed by atoms with van der Waals surface area (Å²) >= 11 is 6.20. The Balaban J connectivity index is 1.89. The summed E-state index contributed by atoms with van der Waals surface area (Å²) in [6.45, 7) is 3.04. The summed E-state index contributed by atoms with van der Waals surface area (Å²) in [4.78, 5) is 40.6. The van der Waals surface area contributed by atoms with Crippen LogP contribution in [0.4, 0.5) is 5.69 Å². The molecule has 0 saturated carbocycles. The fourth-order valence-corrected chi connectivity index (χ4v) is 5.03. The van der Waals surface area contributed by atoms with Gasteiger partial charge in [0.2, 0.25) is 11.8 Å². The molecule has 4 N–H and O–H groups in total. The molecular formula is C23H23ClN2O7. The molecule has 5 unspecified atom stereocenters. The van der Waals surface area contributed by atoms with E-state index < -0.39 is 47.3 Å². The number of anilines is 1. The summed E-state index contributed by atoms with van der Waals surface area (Å²) in [6.07, 6.45) is -1.51. The Morgan fingerprint density at radius 3 is 2.48 bits per heavy atom. The molecule has 5 atom stereocenters. The first-order valence-corrected chi connectivity index (χ1v) is 10.6. The molecule has 9 nitrogen and oxygen atoms in total. The van der Waals surface area contributed by atoms with Gasteiger partial charge >= 0.3 is 5.97 Å². The lowest BCUT2D eigenvalue weighted by Crippen LogP contribution is -2.62. The number of carbonyl (C=O) groups excluding carboxylic acids is 2. The highest BCUT2D eigenvalue weighted by molar-refractivity contribution is 6.32. The van der Waals surface area contributed by atoms with Crippen molar-refractivity contribution in [1.29, 1.82) is 0 Å². The van der Waals surface area contributed by atoms with E-state index in [-0.39, 0.29) is 17.2 Å². The van der Waals surface area contributed by atoms with Crippen molar-refractivity contribution in [2.45, 2.75) is 31.5 Å². The number of carboxylic acid groups (broad SMARTS) is 1. The number of rotatable bonds is 5. The van der Waals surface area contributed by atoms with E-state index in [0.717, 1.165) is 10.5 Å². The van der Waals surface area contributed by atoms with E-state index in [0.29, 0.717) is 10.6 Å². The molecule has 2 heterocycles. The van der Waals surface area contributed by atoms with Crippen LogP contribution in [0.15, 0.2) is 36.4 Å². The monoisotopic (exact) mass is 474 g/mol. The van der Waals surface area contributed by atoms with Gasteiger partial charge in [0.15, 0.2) is 17.0 Å². The first-order valence-electron chi connectivity index (χ1n) is 10.2. The number of fused-ring (bicyclic) bond motifs is 1. The second-order valence-electron chi connectivity index (χ2n) is 8.35. The fourth-order valence-electron chi connectivity index (χ4n) is 4.85. The number of hydrogen-bond donors (Lipinski definition) is 4. The Morgan fingerprint density at radius 1 is 1.21 bits per heavy atom. The largest absolute Gasteiger partial charge is 0.504 e. The maximum Gasteiger partial charge on any atom is 0.327 e. The molecule has 10 heteroatoms. The lowest BCUT2D eigenvalue weighted by Gasteiger charge is -2.33. The van der Waals surface area contributed by atoms with Crippen molar-refractivity contribution >= 4 is 35.1 Å². The Bertz CT molecular complexity index is 1170. The fraction of sp³-hybridized carbons (Fsp3) is 0.348. The number of ether oxygens (including phenoxy) is 1. The first-order chi connectivity index (χ1) is 15.5. The van der Waals surface area contributed by atoms with Gasteiger partial charge in [-0.3, -0.25) is 19.7 Å². The Labute approximate surface area is 194 Å². The van der Waals surface area contributed by atoms with Crippen LogP contribution in [0, 0.1) is 18.8 Å². The predicted octanol–water partition coefficient (Wildman–Crippen LogP) is 2.02. The van der Waals surface area contributed by atoms with Gasteiger partial charge in [0.25, 0.3) is 0 Å². The van der Waals surface area contributed by atoms with Crippen LogP contribution in [0.1, 0.15) is 24.1 Å². The van der Waals surface area contributed by atoms with Crippen LogP contribution in [0.25, 0.3) is 0 Å². The summed E-state index contributed by atoms with van der Waals surface area (Å²) in [5.41, 5.74) is -0.717. The zero-order valence-corrected chi connectivity index (χ0v) is 18.8. The summed E-state index contributed by atoms with van der Waals surface area (Å²) in [7, 11) is 1.36. The van der Waals surface area contributed by atoms with Crippen molar-refractivity contribution in [3.8, 4) is 11.5 Å². The zero-order valence-electron chi connectivity index (χ0n) is 18.1. The van der Waals surface area contributed by atoms with Crippen molar-refractivity contribution in [2.24, 2.45) is 11.8 Å². The SMILES string of the molecule is COc1cc(C2NC(C(=O)O)(C(C)O)C3C(=O)N(c4ccc(C)c(Cl)c4)C(=O)C23)ccc1O. The van der Waals surface area contributed by atoms with E-state index in [1.165, 1.54) is 38.3 Å². The minimum atomic E-state index is -2.11. The highest BCUT2D eigenvalue weighted by Gasteiger charge is 2.70. The molecule has 2 saturated heterocycles. The number of benzene rings is 2. The van der Waals surface area contributed by atoms with Gasteiger partial charge < -0.3 is 20.1 Å². The number of imide groups is 1. The maximum atomic E-state index is 13.6. The molecule has 174 valence electrons. The van der Waals surface area contributed by atoms with E-state index in [4.69, 9.17) is 16.3 Å². The average molecular weight is 475 g/mol. The lowest BCUT2D eigenvalue weighted by atomic mass is 9.76. The van der Waals surface area contributed by atoms with Crippen molar-refractivity contribution in [3.63, 3.8) is 0 Å². The molecule has 0 spiro atoms. The molecule has 2 aromatic rings. The van der Waals surface area contributed by atoms with Crippen LogP contribution in [-0.2, 0) is 14.4 Å². The Kier molecular flexibility index (Phi) is 5.60. The number of hydrogen-bond acceptors (Lipinski definition) is 7. The van der Waals surface area contributed by atoms with E-state index in [2.05, 4.69) is 5.32 Å². The molecule has 2 aromatic carbocycles. The van der Waals surface area contributed by atoms with E-state index in [1.807, 2.05) is 0 Å². The van der Waals surface area contributed by atoms with E-state index in [9.17, 15) is 29.7 Å². The molecule has 2 aliphatic rings. The number of nitrogens with one attached hydrogen (secondary N) is 1. The molecule has 2 fully saturated rings. The smallest absolute Gasteiger partial charge is 0.327 e. The number of amides is 2. The van der Waals surface area contributed by atoms with E-state index >= 15 is 0 Å². The lowest BCUT2D eigenvalue weighted by molar-refractivity contribution is -0.154. The van der Waals surface area contributed by atoms with Gasteiger partial charge in [-0.15, -0.1) is 0 Å². The number of methoxy groups -OCH3 is 1. The average Bonchev–Trinajstić information content (AvgIpc) is 3.25. The Morgan fingerprint density at radius 2 is 1.91 bits per heavy atom. The molecule has 33 heavy (non-hydrogen) atoms. The second kappa shape index (κ2) is 8.02. The van der Waals surface area contributed by atoms with Crippen LogP contribution in [0.2, 0.25) is 5.02 Å². The topological polar surface area (TPSA) is 136 Å². The Hall–Kier alpha value is -3.14. The number of halogens is 1. The predicted molar refractivity (Wildman–Crippen MR) is 118 cm³/mol. The van der Waals surface area contributed by atoms with Crippen LogP contribution in [0.3, 0.4) is 0 Å². The van der Waals surface area contributed by atoms with Crippen LogP contribution in [-0.4, -0.2) is 51.9 Å². The van der Waals surface area contributed by atoms with E-state index in [1.54, 1.807) is 19.1 Å². The minimum Gasteiger partial charge on any atom is -0.504 e. The van der Waals surface area contributed by atoms with Gasteiger partial charge in [-0.2, -0.15) is 0 Å². The molecular weight excluding hydrogens is 452 g/mol. The highest BCUT2D eigenvalue weighted by Crippen LogP contribution is 2.51. The number of carbonyl (C=O) groups is 3. The molecule has 0 bridgehead atoms. The standard InChI is InChI=1S/C23H23ClN2O7/c1-10-4-6-13(9-14(10)24)26-20(29)17-18(21(26)30)23(11(2)27,22(31)32)25-19(17)12-5-7-15(28)16(8-12)33-3/h4-9,11,17-19,25,27-28H,1-3H3,(H,31,32). The van der Waals surface area contributed by atoms with Gasteiger partial charge in [-0.1, -0.05) is 23.7 Å². The summed E-state index contributed by atoms with van der Waals surface area (Å²) in [5.74, 6) is -5.34. The summed E-state index contributed by atoms with van der Waals surface area (Å²) < 4.78 is 5.15. The highest BCUT2D eigenvalue weighted by atomic mass is 35.5. The van der Waals surface area contributed by atoms with Crippen LogP contribution < -0.4 is 15.0 Å². The van der Waals surface area contributed by atoms with Crippen molar-refractivity contribution in [1.82, 2.24) is 5.32 Å². The molecule has 4 rings (SSSR count). The third kappa shape index (κ3) is 3.26. The molecule has 0 aromatic heterocycles. The molecule has 2 aliphatic heterocycles. The number of aliphatic carboxylic acids is 1.